The number of benzene rings is 1. The Balaban J connectivity index is 2.34. The Morgan fingerprint density at radius 1 is 1.15 bits per heavy atom. The van der Waals surface area contributed by atoms with Gasteiger partial charge in [-0.25, -0.2) is 4.39 Å². The Bertz CT molecular complexity index is 331. The summed E-state index contributed by atoms with van der Waals surface area (Å²) in [5, 5.41) is 0. The summed E-state index contributed by atoms with van der Waals surface area (Å²) in [5.41, 5.74) is 1.62. The minimum absolute atomic E-state index is 0.150. The maximum atomic E-state index is 13.3. The van der Waals surface area contributed by atoms with Crippen LogP contribution < -0.4 is 0 Å². The van der Waals surface area contributed by atoms with E-state index in [9.17, 15) is 4.39 Å². The van der Waals surface area contributed by atoms with Crippen molar-refractivity contribution in [1.29, 1.82) is 0 Å². The smallest absolute Gasteiger partial charge is 0.132 e. The van der Waals surface area contributed by atoms with E-state index in [0.29, 0.717) is 5.56 Å². The van der Waals surface area contributed by atoms with E-state index in [2.05, 4.69) is 4.99 Å². The molecule has 0 unspecified atom stereocenters. The summed E-state index contributed by atoms with van der Waals surface area (Å²) < 4.78 is 13.3. The Morgan fingerprint density at radius 3 is 2.69 bits per heavy atom. The largest absolute Gasteiger partial charge is 0.289 e. The fourth-order valence-corrected chi connectivity index (χ4v) is 1.61. The van der Waals surface area contributed by atoms with Gasteiger partial charge in [-0.1, -0.05) is 18.2 Å². The second-order valence-corrected chi connectivity index (χ2v) is 3.27. The Kier molecular flexibility index (Phi) is 2.39. The van der Waals surface area contributed by atoms with E-state index in [4.69, 9.17) is 0 Å². The van der Waals surface area contributed by atoms with E-state index in [1.807, 2.05) is 6.07 Å². The predicted molar refractivity (Wildman–Crippen MR) is 51.7 cm³/mol. The number of halogens is 1. The molecule has 1 heterocycles. The van der Waals surface area contributed by atoms with Crippen LogP contribution in [0.4, 0.5) is 4.39 Å². The molecule has 0 atom stereocenters. The zero-order valence-corrected chi connectivity index (χ0v) is 7.46. The van der Waals surface area contributed by atoms with Crippen molar-refractivity contribution in [1.82, 2.24) is 0 Å². The molecular weight excluding hydrogens is 165 g/mol. The van der Waals surface area contributed by atoms with Crippen LogP contribution in [0.2, 0.25) is 0 Å². The van der Waals surface area contributed by atoms with Crippen LogP contribution in [0.1, 0.15) is 24.8 Å². The predicted octanol–water partition coefficient (Wildman–Crippen LogP) is 2.80. The molecule has 0 aromatic heterocycles. The summed E-state index contributed by atoms with van der Waals surface area (Å²) in [6, 6.07) is 6.86. The van der Waals surface area contributed by atoms with Crippen LogP contribution in [0.5, 0.6) is 0 Å². The molecule has 0 spiro atoms. The minimum atomic E-state index is -0.150. The summed E-state index contributed by atoms with van der Waals surface area (Å²) in [6.45, 7) is 0.851. The van der Waals surface area contributed by atoms with Gasteiger partial charge >= 0.3 is 0 Å². The molecule has 13 heavy (non-hydrogen) atoms. The van der Waals surface area contributed by atoms with E-state index >= 15 is 0 Å². The number of nitrogens with zero attached hydrogens (tertiary/aromatic N) is 1. The first-order valence-corrected chi connectivity index (χ1v) is 4.66. The normalized spacial score (nSPS) is 16.8. The van der Waals surface area contributed by atoms with Gasteiger partial charge in [0.1, 0.15) is 5.82 Å². The van der Waals surface area contributed by atoms with Gasteiger partial charge in [-0.05, 0) is 25.3 Å². The third-order valence-corrected chi connectivity index (χ3v) is 2.31. The fourth-order valence-electron chi connectivity index (χ4n) is 1.61. The second kappa shape index (κ2) is 3.69. The van der Waals surface area contributed by atoms with Gasteiger partial charge in [0.05, 0.1) is 0 Å². The molecule has 0 aliphatic carbocycles. The minimum Gasteiger partial charge on any atom is -0.289 e. The highest BCUT2D eigenvalue weighted by molar-refractivity contribution is 6.01. The van der Waals surface area contributed by atoms with Gasteiger partial charge in [-0.15, -0.1) is 0 Å². The Hall–Kier alpha value is -1.18. The lowest BCUT2D eigenvalue weighted by Gasteiger charge is -2.12. The number of aliphatic imine (C=N–C) groups is 1. The molecule has 0 radical (unpaired) electrons. The lowest BCUT2D eigenvalue weighted by molar-refractivity contribution is 0.622. The number of hydrogen-bond donors (Lipinski definition) is 0. The van der Waals surface area contributed by atoms with Crippen LogP contribution in [0.3, 0.4) is 0 Å². The van der Waals surface area contributed by atoms with Gasteiger partial charge < -0.3 is 0 Å². The van der Waals surface area contributed by atoms with Crippen molar-refractivity contribution in [2.24, 2.45) is 4.99 Å². The van der Waals surface area contributed by atoms with Crippen LogP contribution in [-0.2, 0) is 0 Å². The molecule has 0 saturated heterocycles. The van der Waals surface area contributed by atoms with Gasteiger partial charge in [-0.2, -0.15) is 0 Å². The van der Waals surface area contributed by atoms with Crippen molar-refractivity contribution in [2.45, 2.75) is 19.3 Å². The maximum Gasteiger partial charge on any atom is 0.132 e. The van der Waals surface area contributed by atoms with Crippen LogP contribution in [-0.4, -0.2) is 12.3 Å². The summed E-state index contributed by atoms with van der Waals surface area (Å²) in [6.07, 6.45) is 3.19. The summed E-state index contributed by atoms with van der Waals surface area (Å²) in [7, 11) is 0. The average molecular weight is 177 g/mol. The first kappa shape index (κ1) is 8.42. The third kappa shape index (κ3) is 1.77. The Labute approximate surface area is 77.3 Å². The van der Waals surface area contributed by atoms with Crippen molar-refractivity contribution in [3.63, 3.8) is 0 Å². The molecule has 1 nitrogen and oxygen atoms in total. The van der Waals surface area contributed by atoms with E-state index in [1.54, 1.807) is 12.1 Å². The van der Waals surface area contributed by atoms with E-state index in [1.165, 1.54) is 6.07 Å². The zero-order valence-electron chi connectivity index (χ0n) is 7.46. The standard InChI is InChI=1S/C11H12FN/c12-10-6-2-1-5-9(10)11-7-3-4-8-13-11/h1-2,5-6H,3-4,7-8H2. The lowest BCUT2D eigenvalue weighted by atomic mass is 10.0. The van der Waals surface area contributed by atoms with E-state index in [-0.39, 0.29) is 5.82 Å². The van der Waals surface area contributed by atoms with Crippen molar-refractivity contribution >= 4 is 5.71 Å². The topological polar surface area (TPSA) is 12.4 Å². The molecule has 0 N–H and O–H groups in total. The molecule has 2 rings (SSSR count). The quantitative estimate of drug-likeness (QED) is 0.625. The van der Waals surface area contributed by atoms with Gasteiger partial charge in [0.15, 0.2) is 0 Å². The monoisotopic (exact) mass is 177 g/mol. The first-order chi connectivity index (χ1) is 6.38. The highest BCUT2D eigenvalue weighted by atomic mass is 19.1. The number of rotatable bonds is 1. The average Bonchev–Trinajstić information content (AvgIpc) is 2.20. The van der Waals surface area contributed by atoms with Crippen LogP contribution in [0.15, 0.2) is 29.3 Å². The van der Waals surface area contributed by atoms with Gasteiger partial charge in [0.25, 0.3) is 0 Å². The van der Waals surface area contributed by atoms with E-state index < -0.39 is 0 Å². The molecule has 0 amide bonds. The molecular formula is C11H12FN. The van der Waals surface area contributed by atoms with Crippen molar-refractivity contribution in [2.75, 3.05) is 6.54 Å². The van der Waals surface area contributed by atoms with Crippen molar-refractivity contribution in [3.05, 3.63) is 35.6 Å². The maximum absolute atomic E-state index is 13.3. The zero-order chi connectivity index (χ0) is 9.10. The third-order valence-electron chi connectivity index (χ3n) is 2.31. The second-order valence-electron chi connectivity index (χ2n) is 3.27. The van der Waals surface area contributed by atoms with Gasteiger partial charge in [0, 0.05) is 17.8 Å². The van der Waals surface area contributed by atoms with Crippen molar-refractivity contribution in [3.8, 4) is 0 Å². The molecule has 1 aromatic rings. The van der Waals surface area contributed by atoms with Gasteiger partial charge in [0.2, 0.25) is 0 Å². The summed E-state index contributed by atoms with van der Waals surface area (Å²) in [5.74, 6) is -0.150. The van der Waals surface area contributed by atoms with E-state index in [0.717, 1.165) is 31.5 Å². The molecule has 68 valence electrons. The number of hydrogen-bond acceptors (Lipinski definition) is 1. The van der Waals surface area contributed by atoms with Crippen LogP contribution >= 0.6 is 0 Å². The van der Waals surface area contributed by atoms with Crippen molar-refractivity contribution < 1.29 is 4.39 Å². The Morgan fingerprint density at radius 2 is 2.00 bits per heavy atom. The lowest BCUT2D eigenvalue weighted by Crippen LogP contribution is -2.09. The summed E-state index contributed by atoms with van der Waals surface area (Å²) >= 11 is 0. The van der Waals surface area contributed by atoms with Gasteiger partial charge in [-0.3, -0.25) is 4.99 Å². The molecule has 0 fully saturated rings. The molecule has 1 aromatic carbocycles. The highest BCUT2D eigenvalue weighted by Gasteiger charge is 2.10. The molecule has 0 saturated carbocycles. The van der Waals surface area contributed by atoms with Crippen LogP contribution in [0.25, 0.3) is 0 Å². The first-order valence-electron chi connectivity index (χ1n) is 4.66. The summed E-state index contributed by atoms with van der Waals surface area (Å²) in [4.78, 5) is 4.34. The molecule has 1 aliphatic rings. The van der Waals surface area contributed by atoms with Crippen LogP contribution in [0, 0.1) is 5.82 Å². The highest BCUT2D eigenvalue weighted by Crippen LogP contribution is 2.15. The fraction of sp³-hybridized carbons (Fsp3) is 0.364. The SMILES string of the molecule is Fc1ccccc1C1=NCCCC1. The molecule has 1 aliphatic heterocycles. The molecule has 2 heteroatoms. The molecule has 0 bridgehead atoms.